The van der Waals surface area contributed by atoms with Gasteiger partial charge in [-0.2, -0.15) is 0 Å². The van der Waals surface area contributed by atoms with E-state index >= 15 is 0 Å². The summed E-state index contributed by atoms with van der Waals surface area (Å²) in [5.74, 6) is 0. The monoisotopic (exact) mass is 200 g/mol. The average molecular weight is 201 g/mol. The quantitative estimate of drug-likeness (QED) is 0.671. The Morgan fingerprint density at radius 3 is 1.92 bits per heavy atom. The minimum atomic E-state index is 0.594. The van der Waals surface area contributed by atoms with E-state index in [1.54, 1.807) is 16.8 Å². The largest absolute Gasteiger partial charge is 0.262 e. The highest BCUT2D eigenvalue weighted by atomic mass is 35.5. The van der Waals surface area contributed by atoms with Crippen LogP contribution in [-0.4, -0.2) is 9.35 Å². The summed E-state index contributed by atoms with van der Waals surface area (Å²) >= 11 is 11.8. The zero-order valence-corrected chi connectivity index (χ0v) is 7.63. The zero-order chi connectivity index (χ0) is 8.55. The highest BCUT2D eigenvalue weighted by Gasteiger charge is 2.03. The lowest BCUT2D eigenvalue weighted by atomic mass is 10.7. The number of halogens is 2. The summed E-state index contributed by atoms with van der Waals surface area (Å²) in [4.78, 5) is 0. The maximum atomic E-state index is 5.89. The maximum Gasteiger partial charge on any atom is 0.130 e. The van der Waals surface area contributed by atoms with Gasteiger partial charge in [0.1, 0.15) is 10.3 Å². The van der Waals surface area contributed by atoms with E-state index in [4.69, 9.17) is 23.2 Å². The lowest BCUT2D eigenvalue weighted by Crippen LogP contribution is -2.05. The van der Waals surface area contributed by atoms with Gasteiger partial charge in [0.05, 0.1) is 0 Å². The first-order chi connectivity index (χ1) is 5.79. The van der Waals surface area contributed by atoms with Crippen molar-refractivity contribution >= 4 is 23.2 Å². The molecular formula is C8H6Cl2N2. The second-order valence-electron chi connectivity index (χ2n) is 2.35. The summed E-state index contributed by atoms with van der Waals surface area (Å²) in [6.07, 6.45) is 3.75. The van der Waals surface area contributed by atoms with Gasteiger partial charge in [-0.25, -0.2) is 4.68 Å². The van der Waals surface area contributed by atoms with Gasteiger partial charge in [-0.3, -0.25) is 4.68 Å². The first kappa shape index (κ1) is 7.77. The Balaban J connectivity index is 2.60. The van der Waals surface area contributed by atoms with Crippen molar-refractivity contribution in [1.29, 1.82) is 0 Å². The smallest absolute Gasteiger partial charge is 0.130 e. The molecule has 0 unspecified atom stereocenters. The van der Waals surface area contributed by atoms with Crippen molar-refractivity contribution < 1.29 is 0 Å². The topological polar surface area (TPSA) is 9.86 Å². The van der Waals surface area contributed by atoms with Crippen molar-refractivity contribution in [2.45, 2.75) is 0 Å². The summed E-state index contributed by atoms with van der Waals surface area (Å²) in [5, 5.41) is 1.19. The van der Waals surface area contributed by atoms with Gasteiger partial charge in [0.2, 0.25) is 0 Å². The normalized spacial score (nSPS) is 10.5. The molecule has 0 radical (unpaired) electrons. The molecule has 0 aliphatic rings. The first-order valence-corrected chi connectivity index (χ1v) is 4.21. The molecule has 62 valence electrons. The van der Waals surface area contributed by atoms with Gasteiger partial charge < -0.3 is 0 Å². The minimum Gasteiger partial charge on any atom is -0.262 e. The van der Waals surface area contributed by atoms with Crippen LogP contribution >= 0.6 is 23.2 Å². The van der Waals surface area contributed by atoms with Gasteiger partial charge in [-0.15, -0.1) is 0 Å². The third-order valence-corrected chi connectivity index (χ3v) is 2.15. The van der Waals surface area contributed by atoms with Crippen molar-refractivity contribution in [3.63, 3.8) is 0 Å². The van der Waals surface area contributed by atoms with Gasteiger partial charge in [-0.05, 0) is 24.3 Å². The van der Waals surface area contributed by atoms with Crippen molar-refractivity contribution in [3.8, 4) is 0 Å². The van der Waals surface area contributed by atoms with Crippen LogP contribution in [0.15, 0.2) is 36.7 Å². The third-order valence-electron chi connectivity index (χ3n) is 1.58. The Bertz CT molecular complexity index is 356. The Morgan fingerprint density at radius 2 is 1.42 bits per heavy atom. The molecule has 0 fully saturated rings. The molecule has 0 bridgehead atoms. The zero-order valence-electron chi connectivity index (χ0n) is 6.11. The molecule has 2 nitrogen and oxygen atoms in total. The van der Waals surface area contributed by atoms with Crippen LogP contribution in [0.25, 0.3) is 0 Å². The van der Waals surface area contributed by atoms with E-state index in [9.17, 15) is 0 Å². The molecule has 0 aliphatic heterocycles. The summed E-state index contributed by atoms with van der Waals surface area (Å²) < 4.78 is 3.51. The molecule has 0 aromatic carbocycles. The van der Waals surface area contributed by atoms with E-state index in [-0.39, 0.29) is 0 Å². The number of nitrogens with zero attached hydrogens (tertiary/aromatic N) is 2. The van der Waals surface area contributed by atoms with Crippen LogP contribution in [0, 0.1) is 0 Å². The molecule has 2 heterocycles. The fraction of sp³-hybridized carbons (Fsp3) is 0. The Labute approximate surface area is 79.9 Å². The molecule has 0 atom stereocenters. The molecule has 0 aliphatic carbocycles. The Morgan fingerprint density at radius 1 is 0.917 bits per heavy atom. The highest BCUT2D eigenvalue weighted by Crippen LogP contribution is 2.19. The van der Waals surface area contributed by atoms with Crippen LogP contribution in [0.2, 0.25) is 10.3 Å². The average Bonchev–Trinajstić information content (AvgIpc) is 2.61. The predicted molar refractivity (Wildman–Crippen MR) is 49.7 cm³/mol. The molecule has 0 amide bonds. The van der Waals surface area contributed by atoms with Crippen LogP contribution in [0.3, 0.4) is 0 Å². The maximum absolute atomic E-state index is 5.89. The van der Waals surface area contributed by atoms with Gasteiger partial charge in [0.25, 0.3) is 0 Å². The van der Waals surface area contributed by atoms with Gasteiger partial charge in [0.15, 0.2) is 0 Å². The lowest BCUT2D eigenvalue weighted by Gasteiger charge is -2.06. The van der Waals surface area contributed by atoms with Gasteiger partial charge in [-0.1, -0.05) is 23.2 Å². The van der Waals surface area contributed by atoms with Crippen molar-refractivity contribution in [2.75, 3.05) is 0 Å². The van der Waals surface area contributed by atoms with E-state index in [1.165, 1.54) is 0 Å². The van der Waals surface area contributed by atoms with Crippen LogP contribution in [0.4, 0.5) is 0 Å². The first-order valence-electron chi connectivity index (χ1n) is 3.45. The second-order valence-corrected chi connectivity index (χ2v) is 3.13. The summed E-state index contributed by atoms with van der Waals surface area (Å²) in [6, 6.07) is 7.33. The van der Waals surface area contributed by atoms with E-state index in [1.807, 2.05) is 29.2 Å². The molecule has 0 saturated carbocycles. The Kier molecular flexibility index (Phi) is 1.87. The van der Waals surface area contributed by atoms with Crippen molar-refractivity contribution in [1.82, 2.24) is 9.35 Å². The predicted octanol–water partition coefficient (Wildman–Crippen LogP) is 2.91. The molecule has 4 heteroatoms. The molecule has 0 N–H and O–H groups in total. The van der Waals surface area contributed by atoms with Crippen molar-refractivity contribution in [3.05, 3.63) is 47.0 Å². The number of aromatic nitrogens is 2. The fourth-order valence-electron chi connectivity index (χ4n) is 1.06. The summed E-state index contributed by atoms with van der Waals surface area (Å²) in [7, 11) is 0. The third kappa shape index (κ3) is 1.13. The van der Waals surface area contributed by atoms with Crippen LogP contribution in [0.5, 0.6) is 0 Å². The van der Waals surface area contributed by atoms with Gasteiger partial charge >= 0.3 is 0 Å². The molecule has 12 heavy (non-hydrogen) atoms. The Hall–Kier alpha value is -0.860. The second kappa shape index (κ2) is 2.88. The highest BCUT2D eigenvalue weighted by molar-refractivity contribution is 6.33. The van der Waals surface area contributed by atoms with Crippen molar-refractivity contribution in [2.24, 2.45) is 0 Å². The number of rotatable bonds is 1. The van der Waals surface area contributed by atoms with Gasteiger partial charge in [0, 0.05) is 12.4 Å². The number of hydrogen-bond acceptors (Lipinski definition) is 0. The van der Waals surface area contributed by atoms with E-state index in [2.05, 4.69) is 0 Å². The fourth-order valence-corrected chi connectivity index (χ4v) is 1.59. The van der Waals surface area contributed by atoms with E-state index < -0.39 is 0 Å². The molecule has 0 spiro atoms. The van der Waals surface area contributed by atoms with Crippen LogP contribution < -0.4 is 0 Å². The molecular weight excluding hydrogens is 195 g/mol. The molecule has 2 rings (SSSR count). The molecule has 2 aromatic heterocycles. The molecule has 0 saturated heterocycles. The van der Waals surface area contributed by atoms with E-state index in [0.29, 0.717) is 10.3 Å². The molecule has 2 aromatic rings. The summed E-state index contributed by atoms with van der Waals surface area (Å²) in [6.45, 7) is 0. The lowest BCUT2D eigenvalue weighted by molar-refractivity contribution is 0.670. The number of hydrogen-bond donors (Lipinski definition) is 0. The minimum absolute atomic E-state index is 0.594. The summed E-state index contributed by atoms with van der Waals surface area (Å²) in [5.41, 5.74) is 0. The van der Waals surface area contributed by atoms with E-state index in [0.717, 1.165) is 0 Å². The standard InChI is InChI=1S/C8H6Cl2N2/c9-7-3-4-8(10)12(7)11-5-1-2-6-11/h1-6H. The van der Waals surface area contributed by atoms with Crippen LogP contribution in [0.1, 0.15) is 0 Å². The van der Waals surface area contributed by atoms with Crippen LogP contribution in [-0.2, 0) is 0 Å². The SMILES string of the molecule is Clc1ccc(Cl)n1-n1cccc1.